The number of unbranched alkanes of at least 4 members (excludes halogenated alkanes) is 27. The van der Waals surface area contributed by atoms with E-state index < -0.39 is 49.5 Å². The Bertz CT molecular complexity index is 1350. The van der Waals surface area contributed by atoms with Crippen molar-refractivity contribution in [3.8, 4) is 0 Å². The van der Waals surface area contributed by atoms with Crippen LogP contribution in [-0.4, -0.2) is 100 Å². The first-order valence-corrected chi connectivity index (χ1v) is 28.6. The lowest BCUT2D eigenvalue weighted by Crippen LogP contribution is -2.60. The summed E-state index contributed by atoms with van der Waals surface area (Å²) in [5, 5.41) is 54.2. The van der Waals surface area contributed by atoms with Gasteiger partial charge in [-0.15, -0.1) is 0 Å². The zero-order valence-corrected chi connectivity index (χ0v) is 44.5. The van der Waals surface area contributed by atoms with Gasteiger partial charge in [0.25, 0.3) is 0 Å². The summed E-state index contributed by atoms with van der Waals surface area (Å²) in [6.07, 6.45) is 51.7. The van der Waals surface area contributed by atoms with Crippen LogP contribution in [-0.2, 0) is 23.8 Å². The van der Waals surface area contributed by atoms with Gasteiger partial charge in [-0.25, -0.2) is 0 Å². The molecule has 0 radical (unpaired) electrons. The summed E-state index contributed by atoms with van der Waals surface area (Å²) in [4.78, 5) is 25.0. The van der Waals surface area contributed by atoms with Gasteiger partial charge in [-0.3, -0.25) is 9.59 Å². The van der Waals surface area contributed by atoms with Gasteiger partial charge in [0.2, 0.25) is 5.91 Å². The molecule has 1 amide bonds. The van der Waals surface area contributed by atoms with Gasteiger partial charge >= 0.3 is 5.97 Å². The minimum absolute atomic E-state index is 0.0446. The predicted molar refractivity (Wildman–Crippen MR) is 287 cm³/mol. The number of nitrogens with one attached hydrogen (secondary N) is 1. The maximum absolute atomic E-state index is 13.0. The zero-order valence-electron chi connectivity index (χ0n) is 44.5. The second-order valence-electron chi connectivity index (χ2n) is 19.7. The van der Waals surface area contributed by atoms with E-state index in [1.807, 2.05) is 6.08 Å². The Labute approximate surface area is 427 Å². The Morgan fingerprint density at radius 3 is 1.59 bits per heavy atom. The first kappa shape index (κ1) is 65.4. The van der Waals surface area contributed by atoms with Crippen LogP contribution in [0.25, 0.3) is 0 Å². The Hall–Kier alpha value is -2.64. The van der Waals surface area contributed by atoms with Crippen LogP contribution in [0.4, 0.5) is 0 Å². The van der Waals surface area contributed by atoms with Crippen molar-refractivity contribution < 1.29 is 49.3 Å². The van der Waals surface area contributed by atoms with Crippen molar-refractivity contribution in [1.29, 1.82) is 0 Å². The van der Waals surface area contributed by atoms with E-state index in [1.54, 1.807) is 6.08 Å². The van der Waals surface area contributed by atoms with E-state index in [9.17, 15) is 35.1 Å². The van der Waals surface area contributed by atoms with Gasteiger partial charge < -0.3 is 45.1 Å². The van der Waals surface area contributed by atoms with Crippen LogP contribution < -0.4 is 5.32 Å². The largest absolute Gasteiger partial charge is 0.466 e. The van der Waals surface area contributed by atoms with Gasteiger partial charge in [0.05, 0.1) is 32.0 Å². The van der Waals surface area contributed by atoms with Crippen LogP contribution in [0.1, 0.15) is 239 Å². The van der Waals surface area contributed by atoms with Crippen LogP contribution in [0.3, 0.4) is 0 Å². The molecule has 7 atom stereocenters. The summed E-state index contributed by atoms with van der Waals surface area (Å²) in [5.74, 6) is -0.240. The van der Waals surface area contributed by atoms with E-state index in [1.165, 1.54) is 109 Å². The van der Waals surface area contributed by atoms with E-state index in [-0.39, 0.29) is 18.5 Å². The fourth-order valence-corrected chi connectivity index (χ4v) is 8.52. The van der Waals surface area contributed by atoms with E-state index in [2.05, 4.69) is 67.8 Å². The molecular formula is C59H105NO10. The maximum atomic E-state index is 13.0. The summed E-state index contributed by atoms with van der Waals surface area (Å²) in [5.41, 5.74) is 0. The Morgan fingerprint density at radius 2 is 1.03 bits per heavy atom. The highest BCUT2D eigenvalue weighted by molar-refractivity contribution is 5.76. The van der Waals surface area contributed by atoms with Crippen molar-refractivity contribution in [2.24, 2.45) is 0 Å². The highest BCUT2D eigenvalue weighted by Gasteiger charge is 2.44. The van der Waals surface area contributed by atoms with Gasteiger partial charge in [0.1, 0.15) is 24.4 Å². The van der Waals surface area contributed by atoms with Crippen molar-refractivity contribution >= 4 is 11.9 Å². The van der Waals surface area contributed by atoms with Crippen LogP contribution in [0.2, 0.25) is 0 Å². The molecule has 11 heteroatoms. The molecule has 0 aromatic rings. The molecule has 6 N–H and O–H groups in total. The average Bonchev–Trinajstić information content (AvgIpc) is 3.36. The summed E-state index contributed by atoms with van der Waals surface area (Å²) in [6, 6.07) is -0.818. The van der Waals surface area contributed by atoms with E-state index in [4.69, 9.17) is 14.2 Å². The number of allylic oxidation sites excluding steroid dienone is 9. The van der Waals surface area contributed by atoms with Gasteiger partial charge in [-0.05, 0) is 89.9 Å². The van der Waals surface area contributed by atoms with Crippen LogP contribution in [0.5, 0.6) is 0 Å². The highest BCUT2D eigenvalue weighted by Crippen LogP contribution is 2.23. The number of carbonyl (C=O) groups is 2. The van der Waals surface area contributed by atoms with E-state index in [0.717, 1.165) is 103 Å². The van der Waals surface area contributed by atoms with Gasteiger partial charge in [-0.1, -0.05) is 197 Å². The normalized spacial score (nSPS) is 19.7. The van der Waals surface area contributed by atoms with Crippen LogP contribution >= 0.6 is 0 Å². The molecule has 0 aliphatic carbocycles. The van der Waals surface area contributed by atoms with E-state index in [0.29, 0.717) is 19.4 Å². The van der Waals surface area contributed by atoms with Gasteiger partial charge in [-0.2, -0.15) is 0 Å². The molecule has 1 fully saturated rings. The van der Waals surface area contributed by atoms with Crippen molar-refractivity contribution in [3.63, 3.8) is 0 Å². The monoisotopic (exact) mass is 988 g/mol. The summed E-state index contributed by atoms with van der Waals surface area (Å²) < 4.78 is 16.6. The number of esters is 1. The molecule has 0 aromatic carbocycles. The molecule has 7 unspecified atom stereocenters. The van der Waals surface area contributed by atoms with Crippen LogP contribution in [0.15, 0.2) is 60.8 Å². The Morgan fingerprint density at radius 1 is 0.543 bits per heavy atom. The van der Waals surface area contributed by atoms with Crippen LogP contribution in [0, 0.1) is 0 Å². The third-order valence-electron chi connectivity index (χ3n) is 13.1. The summed E-state index contributed by atoms with van der Waals surface area (Å²) in [6.45, 7) is 4.19. The number of hydrogen-bond donors (Lipinski definition) is 6. The number of hydrogen-bond acceptors (Lipinski definition) is 10. The molecule has 70 heavy (non-hydrogen) atoms. The van der Waals surface area contributed by atoms with Crippen molar-refractivity contribution in [2.75, 3.05) is 19.8 Å². The molecule has 1 saturated heterocycles. The standard InChI is InChI=1S/C59H105NO10/c1-3-5-7-9-11-13-15-23-27-31-35-39-43-47-55(64)68-48-44-40-36-32-28-25-22-20-18-16-17-19-21-24-26-30-34-38-42-46-54(63)60-51(50-69-59-58(67)57(66)56(65)53(49-61)70-59)52(62)45-41-37-33-29-14-12-10-8-6-4-2/h7,9,13,15,20,22,25,28,41,45,51-53,56-59,61-62,65-67H,3-6,8,10-12,14,16-19,21,23-24,26-27,29-40,42-44,46-50H2,1-2H3,(H,60,63)/b9-7-,15-13-,22-20-,28-25-,45-41+. The second kappa shape index (κ2) is 48.6. The van der Waals surface area contributed by atoms with Crippen molar-refractivity contribution in [1.82, 2.24) is 5.32 Å². The number of aliphatic hydroxyl groups excluding tert-OH is 5. The number of carbonyl (C=O) groups excluding carboxylic acids is 2. The summed E-state index contributed by atoms with van der Waals surface area (Å²) in [7, 11) is 0. The topological polar surface area (TPSA) is 175 Å². The zero-order chi connectivity index (χ0) is 51.0. The molecule has 0 aromatic heterocycles. The Kier molecular flexibility index (Phi) is 45.4. The molecule has 406 valence electrons. The van der Waals surface area contributed by atoms with E-state index >= 15 is 0 Å². The molecule has 0 spiro atoms. The fraction of sp³-hybridized carbons (Fsp3) is 0.797. The molecule has 1 heterocycles. The smallest absolute Gasteiger partial charge is 0.305 e. The SMILES string of the molecule is CCC/C=C\C/C=C\CCCCCCCC(=O)OCCCCC/C=C\C=C/CCCCCCCCCCCCC(=O)NC(COC1OC(CO)C(O)C(O)C1O)C(O)/C=C/CCCCCCCCCC. The average molecular weight is 988 g/mol. The molecular weight excluding hydrogens is 883 g/mol. The predicted octanol–water partition coefficient (Wildman–Crippen LogP) is 12.7. The third-order valence-corrected chi connectivity index (χ3v) is 13.1. The molecule has 1 rings (SSSR count). The number of amides is 1. The number of ether oxygens (including phenoxy) is 3. The number of rotatable bonds is 48. The first-order chi connectivity index (χ1) is 34.2. The quantitative estimate of drug-likeness (QED) is 0.0149. The molecule has 0 bridgehead atoms. The fourth-order valence-electron chi connectivity index (χ4n) is 8.52. The lowest BCUT2D eigenvalue weighted by molar-refractivity contribution is -0.302. The lowest BCUT2D eigenvalue weighted by atomic mass is 9.99. The molecule has 0 saturated carbocycles. The third kappa shape index (κ3) is 38.0. The minimum Gasteiger partial charge on any atom is -0.466 e. The minimum atomic E-state index is -1.58. The first-order valence-electron chi connectivity index (χ1n) is 28.6. The highest BCUT2D eigenvalue weighted by atomic mass is 16.7. The molecule has 1 aliphatic heterocycles. The van der Waals surface area contributed by atoms with Gasteiger partial charge in [0.15, 0.2) is 6.29 Å². The number of aliphatic hydroxyl groups is 5. The second-order valence-corrected chi connectivity index (χ2v) is 19.7. The maximum Gasteiger partial charge on any atom is 0.305 e. The Balaban J connectivity index is 2.10. The molecule has 11 nitrogen and oxygen atoms in total. The van der Waals surface area contributed by atoms with Gasteiger partial charge in [0, 0.05) is 12.8 Å². The summed E-state index contributed by atoms with van der Waals surface area (Å²) >= 11 is 0. The lowest BCUT2D eigenvalue weighted by Gasteiger charge is -2.40. The van der Waals surface area contributed by atoms with Crippen molar-refractivity contribution in [2.45, 2.75) is 281 Å². The molecule has 1 aliphatic rings. The van der Waals surface area contributed by atoms with Crippen molar-refractivity contribution in [3.05, 3.63) is 60.8 Å².